The molecule has 0 spiro atoms. The van der Waals surface area contributed by atoms with E-state index >= 15 is 0 Å². The number of benzene rings is 2. The Hall–Kier alpha value is -3.24. The first kappa shape index (κ1) is 22.0. The Kier molecular flexibility index (Phi) is 6.52. The lowest BCUT2D eigenvalue weighted by atomic mass is 9.97. The molecule has 1 saturated heterocycles. The molecule has 1 N–H and O–H groups in total. The SMILES string of the molecule is COc1ccc(S(=O)(=O)N2CCC(C(=O)Nc3nnc(Cc4ccccc4)o3)CC2)cc1. The summed E-state index contributed by atoms with van der Waals surface area (Å²) >= 11 is 0. The van der Waals surface area contributed by atoms with Crippen molar-refractivity contribution >= 4 is 21.9 Å². The van der Waals surface area contributed by atoms with Crippen LogP contribution in [-0.2, 0) is 21.2 Å². The van der Waals surface area contributed by atoms with Gasteiger partial charge in [-0.15, -0.1) is 5.10 Å². The summed E-state index contributed by atoms with van der Waals surface area (Å²) in [4.78, 5) is 12.8. The zero-order valence-electron chi connectivity index (χ0n) is 17.6. The van der Waals surface area contributed by atoms with Crippen LogP contribution in [-0.4, -0.2) is 49.0 Å². The number of rotatable bonds is 7. The molecule has 1 fully saturated rings. The molecule has 10 heteroatoms. The van der Waals surface area contributed by atoms with Gasteiger partial charge in [0.05, 0.1) is 18.4 Å². The third-order valence-corrected chi connectivity index (χ3v) is 7.33. The van der Waals surface area contributed by atoms with Crippen molar-refractivity contribution in [2.24, 2.45) is 5.92 Å². The molecule has 2 heterocycles. The molecule has 168 valence electrons. The highest BCUT2D eigenvalue weighted by Crippen LogP contribution is 2.26. The third-order valence-electron chi connectivity index (χ3n) is 5.42. The number of hydrogen-bond acceptors (Lipinski definition) is 7. The molecule has 4 rings (SSSR count). The van der Waals surface area contributed by atoms with Gasteiger partial charge in [0.15, 0.2) is 0 Å². The van der Waals surface area contributed by atoms with E-state index in [1.165, 1.54) is 23.5 Å². The standard InChI is InChI=1S/C22H24N4O5S/c1-30-18-7-9-19(10-8-18)32(28,29)26-13-11-17(12-14-26)21(27)23-22-25-24-20(31-22)15-16-5-3-2-4-6-16/h2-10,17H,11-15H2,1H3,(H,23,25,27). The van der Waals surface area contributed by atoms with Crippen molar-refractivity contribution in [1.82, 2.24) is 14.5 Å². The van der Waals surface area contributed by atoms with Gasteiger partial charge in [-0.1, -0.05) is 35.4 Å². The summed E-state index contributed by atoms with van der Waals surface area (Å²) in [5, 5.41) is 10.5. The highest BCUT2D eigenvalue weighted by atomic mass is 32.2. The molecule has 0 bridgehead atoms. The predicted molar refractivity (Wildman–Crippen MR) is 117 cm³/mol. The maximum absolute atomic E-state index is 12.9. The van der Waals surface area contributed by atoms with Crippen LogP contribution in [0.2, 0.25) is 0 Å². The molecule has 0 atom stereocenters. The van der Waals surface area contributed by atoms with Gasteiger partial charge in [0.2, 0.25) is 21.8 Å². The monoisotopic (exact) mass is 456 g/mol. The van der Waals surface area contributed by atoms with E-state index in [0.29, 0.717) is 30.9 Å². The summed E-state index contributed by atoms with van der Waals surface area (Å²) in [5.41, 5.74) is 1.03. The molecule has 2 aromatic carbocycles. The summed E-state index contributed by atoms with van der Waals surface area (Å²) in [7, 11) is -2.09. The smallest absolute Gasteiger partial charge is 0.322 e. The van der Waals surface area contributed by atoms with Gasteiger partial charge >= 0.3 is 6.01 Å². The Morgan fingerprint density at radius 3 is 2.44 bits per heavy atom. The Bertz CT molecular complexity index is 1150. The van der Waals surface area contributed by atoms with Gasteiger partial charge in [0.25, 0.3) is 0 Å². The van der Waals surface area contributed by atoms with Crippen LogP contribution in [0.15, 0.2) is 63.9 Å². The van der Waals surface area contributed by atoms with Crippen molar-refractivity contribution in [2.45, 2.75) is 24.2 Å². The van der Waals surface area contributed by atoms with E-state index in [0.717, 1.165) is 5.56 Å². The van der Waals surface area contributed by atoms with Gasteiger partial charge in [-0.25, -0.2) is 8.42 Å². The maximum Gasteiger partial charge on any atom is 0.322 e. The Labute approximate surface area is 186 Å². The number of carbonyl (C=O) groups excluding carboxylic acids is 1. The topological polar surface area (TPSA) is 115 Å². The molecule has 0 unspecified atom stereocenters. The van der Waals surface area contributed by atoms with Crippen LogP contribution < -0.4 is 10.1 Å². The van der Waals surface area contributed by atoms with Gasteiger partial charge in [-0.05, 0) is 42.7 Å². The molecule has 1 amide bonds. The number of ether oxygens (including phenoxy) is 1. The van der Waals surface area contributed by atoms with Gasteiger partial charge < -0.3 is 9.15 Å². The van der Waals surface area contributed by atoms with Crippen molar-refractivity contribution in [1.29, 1.82) is 0 Å². The minimum absolute atomic E-state index is 0.0502. The molecule has 3 aromatic rings. The number of amides is 1. The molecular formula is C22H24N4O5S. The largest absolute Gasteiger partial charge is 0.497 e. The van der Waals surface area contributed by atoms with Crippen LogP contribution >= 0.6 is 0 Å². The Balaban J connectivity index is 1.31. The Morgan fingerprint density at radius 1 is 1.09 bits per heavy atom. The van der Waals surface area contributed by atoms with Crippen LogP contribution in [0.5, 0.6) is 5.75 Å². The molecule has 0 aliphatic carbocycles. The second-order valence-electron chi connectivity index (χ2n) is 7.51. The van der Waals surface area contributed by atoms with E-state index in [2.05, 4.69) is 15.5 Å². The number of aromatic nitrogens is 2. The molecule has 1 aliphatic rings. The molecule has 0 radical (unpaired) electrons. The first-order valence-electron chi connectivity index (χ1n) is 10.3. The number of nitrogens with one attached hydrogen (secondary N) is 1. The van der Waals surface area contributed by atoms with Gasteiger partial charge in [-0.3, -0.25) is 10.1 Å². The first-order valence-corrected chi connectivity index (χ1v) is 11.7. The fraction of sp³-hybridized carbons (Fsp3) is 0.318. The normalized spacial score (nSPS) is 15.4. The number of hydrogen-bond donors (Lipinski definition) is 1. The van der Waals surface area contributed by atoms with Crippen molar-refractivity contribution in [2.75, 3.05) is 25.5 Å². The molecule has 9 nitrogen and oxygen atoms in total. The fourth-order valence-electron chi connectivity index (χ4n) is 3.61. The van der Waals surface area contributed by atoms with Crippen molar-refractivity contribution in [3.63, 3.8) is 0 Å². The van der Waals surface area contributed by atoms with E-state index in [4.69, 9.17) is 9.15 Å². The van der Waals surface area contributed by atoms with Crippen LogP contribution in [0.4, 0.5) is 6.01 Å². The highest BCUT2D eigenvalue weighted by Gasteiger charge is 2.32. The van der Waals surface area contributed by atoms with Crippen LogP contribution in [0.3, 0.4) is 0 Å². The van der Waals surface area contributed by atoms with Crippen molar-refractivity contribution in [3.05, 3.63) is 66.1 Å². The number of methoxy groups -OCH3 is 1. The zero-order valence-corrected chi connectivity index (χ0v) is 18.4. The minimum atomic E-state index is -3.62. The van der Waals surface area contributed by atoms with E-state index in [-0.39, 0.29) is 35.8 Å². The number of sulfonamides is 1. The van der Waals surface area contributed by atoms with E-state index < -0.39 is 10.0 Å². The number of anilines is 1. The van der Waals surface area contributed by atoms with Gasteiger partial charge in [-0.2, -0.15) is 4.31 Å². The van der Waals surface area contributed by atoms with Crippen molar-refractivity contribution < 1.29 is 22.4 Å². The van der Waals surface area contributed by atoms with Gasteiger partial charge in [0.1, 0.15) is 5.75 Å². The van der Waals surface area contributed by atoms with Crippen LogP contribution in [0, 0.1) is 5.92 Å². The number of nitrogens with zero attached hydrogens (tertiary/aromatic N) is 3. The summed E-state index contributed by atoms with van der Waals surface area (Å²) in [5.74, 6) is 0.419. The molecule has 32 heavy (non-hydrogen) atoms. The van der Waals surface area contributed by atoms with Crippen LogP contribution in [0.1, 0.15) is 24.3 Å². The third kappa shape index (κ3) is 4.97. The fourth-order valence-corrected chi connectivity index (χ4v) is 5.08. The molecule has 0 saturated carbocycles. The number of piperidine rings is 1. The second kappa shape index (κ2) is 9.49. The summed E-state index contributed by atoms with van der Waals surface area (Å²) in [6, 6.07) is 16.0. The number of carbonyl (C=O) groups is 1. The Morgan fingerprint density at radius 2 is 1.78 bits per heavy atom. The van der Waals surface area contributed by atoms with Gasteiger partial charge in [0, 0.05) is 19.0 Å². The molecular weight excluding hydrogens is 432 g/mol. The summed E-state index contributed by atoms with van der Waals surface area (Å²) in [6.45, 7) is 0.519. The first-order chi connectivity index (χ1) is 15.5. The zero-order chi connectivity index (χ0) is 22.6. The van der Waals surface area contributed by atoms with Crippen molar-refractivity contribution in [3.8, 4) is 5.75 Å². The maximum atomic E-state index is 12.9. The average molecular weight is 457 g/mol. The predicted octanol–water partition coefficient (Wildman–Crippen LogP) is 2.71. The molecule has 1 aliphatic heterocycles. The lowest BCUT2D eigenvalue weighted by Gasteiger charge is -2.30. The second-order valence-corrected chi connectivity index (χ2v) is 9.44. The van der Waals surface area contributed by atoms with Crippen LogP contribution in [0.25, 0.3) is 0 Å². The van der Waals surface area contributed by atoms with E-state index in [1.54, 1.807) is 12.1 Å². The van der Waals surface area contributed by atoms with E-state index in [1.807, 2.05) is 30.3 Å². The summed E-state index contributed by atoms with van der Waals surface area (Å²) in [6.07, 6.45) is 1.30. The minimum Gasteiger partial charge on any atom is -0.497 e. The average Bonchev–Trinajstić information content (AvgIpc) is 3.26. The lowest BCUT2D eigenvalue weighted by Crippen LogP contribution is -2.41. The summed E-state index contributed by atoms with van der Waals surface area (Å²) < 4.78 is 37.7. The lowest BCUT2D eigenvalue weighted by molar-refractivity contribution is -0.121. The van der Waals surface area contributed by atoms with E-state index in [9.17, 15) is 13.2 Å². The molecule has 1 aromatic heterocycles. The quantitative estimate of drug-likeness (QED) is 0.581. The highest BCUT2D eigenvalue weighted by molar-refractivity contribution is 7.89.